The minimum atomic E-state index is -4.61. The van der Waals surface area contributed by atoms with Crippen LogP contribution >= 0.6 is 0 Å². The largest absolute Gasteiger partial charge is 0.398 e. The zero-order chi connectivity index (χ0) is 32.5. The highest BCUT2D eigenvalue weighted by Gasteiger charge is 2.44. The van der Waals surface area contributed by atoms with Gasteiger partial charge in [0.05, 0.1) is 16.8 Å². The van der Waals surface area contributed by atoms with Gasteiger partial charge in [-0.3, -0.25) is 9.79 Å². The second kappa shape index (κ2) is 14.9. The van der Waals surface area contributed by atoms with Crippen molar-refractivity contribution in [2.75, 3.05) is 6.54 Å². The lowest BCUT2D eigenvalue weighted by atomic mass is 9.66. The number of fused-ring (bicyclic) bond motifs is 1. The molecular formula is C32H39F4N5O2. The number of aryl methyl sites for hydroxylation is 2. The number of primary amides is 1. The first kappa shape index (κ1) is 35.1. The molecule has 1 aliphatic rings. The van der Waals surface area contributed by atoms with E-state index in [9.17, 15) is 22.4 Å². The van der Waals surface area contributed by atoms with Gasteiger partial charge in [-0.1, -0.05) is 30.7 Å². The maximum Gasteiger partial charge on any atom is 0.398 e. The molecule has 0 saturated carbocycles. The van der Waals surface area contributed by atoms with Gasteiger partial charge in [0.15, 0.2) is 0 Å². The van der Waals surface area contributed by atoms with Gasteiger partial charge in [-0.2, -0.15) is 13.2 Å². The van der Waals surface area contributed by atoms with Crippen LogP contribution in [0.4, 0.5) is 17.6 Å². The Labute approximate surface area is 249 Å². The number of nitrogens with two attached hydrogens (primary N) is 2. The molecule has 1 aliphatic carbocycles. The maximum atomic E-state index is 13.5. The van der Waals surface area contributed by atoms with Crippen LogP contribution in [-0.2, 0) is 16.0 Å². The van der Waals surface area contributed by atoms with E-state index in [2.05, 4.69) is 34.1 Å². The summed E-state index contributed by atoms with van der Waals surface area (Å²) in [5, 5.41) is 0. The summed E-state index contributed by atoms with van der Waals surface area (Å²) in [6.45, 7) is 12.2. The molecule has 1 aromatic carbocycles. The lowest BCUT2D eigenvalue weighted by Gasteiger charge is -2.38. The van der Waals surface area contributed by atoms with Crippen LogP contribution in [0.1, 0.15) is 43.6 Å². The van der Waals surface area contributed by atoms with E-state index in [1.165, 1.54) is 23.9 Å². The van der Waals surface area contributed by atoms with Crippen LogP contribution in [0.2, 0.25) is 0 Å². The van der Waals surface area contributed by atoms with E-state index in [0.29, 0.717) is 24.8 Å². The zero-order valence-corrected chi connectivity index (χ0v) is 24.9. The van der Waals surface area contributed by atoms with Crippen molar-refractivity contribution in [3.63, 3.8) is 0 Å². The van der Waals surface area contributed by atoms with Crippen LogP contribution in [0.5, 0.6) is 0 Å². The van der Waals surface area contributed by atoms with Crippen molar-refractivity contribution in [2.24, 2.45) is 33.7 Å². The standard InChI is InChI=1S/C22H27F4N3O.C9H10N2.CH2O/c1-13-8-9-21(2,20(28)30)17(11-19(29-3)18(12-27)22(24,25)26)16(13)10-14-4-6-15(23)7-5-14;1-7-6-11-8(2)4-3-5-9(11)10-7;1-2/h4-7,11,13,18H,3,8-10,12,27H2,1-2H3,(H2,28,30);3-6H,1-2H3;1H2/b19-11-;;. The lowest BCUT2D eigenvalue weighted by Crippen LogP contribution is -2.40. The van der Waals surface area contributed by atoms with Gasteiger partial charge in [0.25, 0.3) is 0 Å². The summed E-state index contributed by atoms with van der Waals surface area (Å²) >= 11 is 0. The molecule has 1 amide bonds. The number of rotatable bonds is 7. The summed E-state index contributed by atoms with van der Waals surface area (Å²) in [4.78, 5) is 28.3. The van der Waals surface area contributed by atoms with Crippen molar-refractivity contribution in [3.8, 4) is 0 Å². The number of aliphatic imine (C=N–C) groups is 1. The number of pyridine rings is 1. The number of nitrogens with zero attached hydrogens (tertiary/aromatic N) is 3. The summed E-state index contributed by atoms with van der Waals surface area (Å²) in [5.74, 6) is -3.04. The van der Waals surface area contributed by atoms with Crippen LogP contribution in [-0.4, -0.2) is 41.5 Å². The SMILES string of the molecule is C=N/C(=C\C1=C(Cc2ccc(F)cc2)C(C)CCC1(C)C(N)=O)C(CN)C(F)(F)F.C=O.Cc1cn2c(C)cccc2n1. The minimum absolute atomic E-state index is 0.0120. The first-order chi connectivity index (χ1) is 20.2. The molecule has 3 unspecified atom stereocenters. The van der Waals surface area contributed by atoms with Gasteiger partial charge in [-0.25, -0.2) is 9.37 Å². The van der Waals surface area contributed by atoms with Crippen LogP contribution in [0.3, 0.4) is 0 Å². The van der Waals surface area contributed by atoms with E-state index in [-0.39, 0.29) is 17.4 Å². The molecule has 7 nitrogen and oxygen atoms in total. The molecule has 2 heterocycles. The van der Waals surface area contributed by atoms with Crippen molar-refractivity contribution < 1.29 is 27.2 Å². The second-order valence-corrected chi connectivity index (χ2v) is 10.7. The molecule has 2 aromatic heterocycles. The number of hydrogen-bond donors (Lipinski definition) is 2. The summed E-state index contributed by atoms with van der Waals surface area (Å²) in [6.07, 6.45) is 0.0977. The topological polar surface area (TPSA) is 116 Å². The summed E-state index contributed by atoms with van der Waals surface area (Å²) in [6, 6.07) is 12.0. The normalized spacial score (nSPS) is 19.6. The van der Waals surface area contributed by atoms with Crippen molar-refractivity contribution in [1.29, 1.82) is 0 Å². The van der Waals surface area contributed by atoms with Crippen LogP contribution < -0.4 is 11.5 Å². The van der Waals surface area contributed by atoms with Crippen molar-refractivity contribution in [3.05, 3.63) is 94.3 Å². The van der Waals surface area contributed by atoms with Gasteiger partial charge >= 0.3 is 6.18 Å². The number of carbonyl (C=O) groups is 2. The van der Waals surface area contributed by atoms with Gasteiger partial charge < -0.3 is 20.7 Å². The Kier molecular flexibility index (Phi) is 12.1. The highest BCUT2D eigenvalue weighted by Crippen LogP contribution is 2.46. The Morgan fingerprint density at radius 3 is 2.35 bits per heavy atom. The van der Waals surface area contributed by atoms with Crippen molar-refractivity contribution >= 4 is 25.1 Å². The van der Waals surface area contributed by atoms with Gasteiger partial charge in [0.2, 0.25) is 5.91 Å². The maximum absolute atomic E-state index is 13.5. The predicted octanol–water partition coefficient (Wildman–Crippen LogP) is 6.07. The third-order valence-electron chi connectivity index (χ3n) is 7.74. The fourth-order valence-corrected chi connectivity index (χ4v) is 5.13. The van der Waals surface area contributed by atoms with E-state index < -0.39 is 30.0 Å². The smallest absolute Gasteiger partial charge is 0.369 e. The number of benzene rings is 1. The summed E-state index contributed by atoms with van der Waals surface area (Å²) < 4.78 is 55.8. The Balaban J connectivity index is 0.000000408. The second-order valence-electron chi connectivity index (χ2n) is 10.7. The molecule has 3 aromatic rings. The number of halogens is 4. The van der Waals surface area contributed by atoms with Crippen molar-refractivity contribution in [1.82, 2.24) is 9.38 Å². The third kappa shape index (κ3) is 8.47. The molecular weight excluding hydrogens is 562 g/mol. The molecule has 0 saturated heterocycles. The molecule has 0 fully saturated rings. The molecule has 4 N–H and O–H groups in total. The predicted molar refractivity (Wildman–Crippen MR) is 161 cm³/mol. The van der Waals surface area contributed by atoms with E-state index in [1.807, 2.05) is 39.0 Å². The zero-order valence-electron chi connectivity index (χ0n) is 24.9. The van der Waals surface area contributed by atoms with Gasteiger partial charge in [-0.15, -0.1) is 0 Å². The van der Waals surface area contributed by atoms with E-state index in [1.54, 1.807) is 19.1 Å². The number of amides is 1. The van der Waals surface area contributed by atoms with Gasteiger partial charge in [-0.05, 0) is 94.1 Å². The average Bonchev–Trinajstić information content (AvgIpc) is 3.35. The Morgan fingerprint density at radius 1 is 1.21 bits per heavy atom. The Bertz CT molecular complexity index is 1480. The summed E-state index contributed by atoms with van der Waals surface area (Å²) in [5.41, 5.74) is 14.8. The molecule has 11 heteroatoms. The number of allylic oxidation sites excluding steroid dienone is 2. The van der Waals surface area contributed by atoms with Gasteiger partial charge in [0, 0.05) is 18.4 Å². The Hall–Kier alpha value is -4.12. The number of alkyl halides is 3. The molecule has 4 rings (SSSR count). The van der Waals surface area contributed by atoms with E-state index in [4.69, 9.17) is 16.3 Å². The third-order valence-corrected chi connectivity index (χ3v) is 7.74. The molecule has 43 heavy (non-hydrogen) atoms. The molecule has 3 atom stereocenters. The van der Waals surface area contributed by atoms with Crippen LogP contribution in [0.15, 0.2) is 76.6 Å². The van der Waals surface area contributed by atoms with E-state index in [0.717, 1.165) is 22.5 Å². The number of hydrogen-bond acceptors (Lipinski definition) is 5. The minimum Gasteiger partial charge on any atom is -0.369 e. The molecule has 0 spiro atoms. The van der Waals surface area contributed by atoms with Crippen LogP contribution in [0, 0.1) is 36.9 Å². The number of aromatic nitrogens is 2. The van der Waals surface area contributed by atoms with Crippen LogP contribution in [0.25, 0.3) is 5.65 Å². The molecule has 0 aliphatic heterocycles. The number of carbonyl (C=O) groups excluding carboxylic acids is 2. The molecule has 0 bridgehead atoms. The highest BCUT2D eigenvalue weighted by atomic mass is 19.4. The quantitative estimate of drug-likeness (QED) is 0.252. The fraction of sp³-hybridized carbons (Fsp3) is 0.375. The molecule has 232 valence electrons. The number of imidazole rings is 1. The Morgan fingerprint density at radius 2 is 1.84 bits per heavy atom. The van der Waals surface area contributed by atoms with Crippen molar-refractivity contribution in [2.45, 2.75) is 53.1 Å². The van der Waals surface area contributed by atoms with E-state index >= 15 is 0 Å². The first-order valence-electron chi connectivity index (χ1n) is 13.6. The average molecular weight is 602 g/mol. The molecule has 0 radical (unpaired) electrons. The highest BCUT2D eigenvalue weighted by molar-refractivity contribution is 5.85. The monoisotopic (exact) mass is 601 g/mol. The lowest BCUT2D eigenvalue weighted by molar-refractivity contribution is -0.161. The fourth-order valence-electron chi connectivity index (χ4n) is 5.13. The first-order valence-corrected chi connectivity index (χ1v) is 13.6. The summed E-state index contributed by atoms with van der Waals surface area (Å²) in [7, 11) is 0. The van der Waals surface area contributed by atoms with Gasteiger partial charge in [0.1, 0.15) is 24.2 Å².